The summed E-state index contributed by atoms with van der Waals surface area (Å²) in [5.74, 6) is -0.0901. The van der Waals surface area contributed by atoms with E-state index in [1.807, 2.05) is 54.6 Å². The molecule has 1 saturated heterocycles. The number of carbonyl (C=O) groups is 1. The molecule has 4 aromatic rings. The number of anilines is 1. The lowest BCUT2D eigenvalue weighted by molar-refractivity contribution is 0.0963. The number of carbonyl (C=O) groups excluding carboxylic acids is 1. The van der Waals surface area contributed by atoms with Crippen LogP contribution in [0.1, 0.15) is 29.3 Å². The van der Waals surface area contributed by atoms with Crippen molar-refractivity contribution < 1.29 is 4.79 Å². The summed E-state index contributed by atoms with van der Waals surface area (Å²) in [6.07, 6.45) is 8.47. The van der Waals surface area contributed by atoms with Gasteiger partial charge in [-0.15, -0.1) is 0 Å². The maximum Gasteiger partial charge on any atom is 0.257 e. The first-order valence-corrected chi connectivity index (χ1v) is 13.8. The summed E-state index contributed by atoms with van der Waals surface area (Å²) in [5.41, 5.74) is 3.45. The fourth-order valence-corrected chi connectivity index (χ4v) is 5.56. The summed E-state index contributed by atoms with van der Waals surface area (Å²) >= 11 is 0. The number of hydrogen-bond donors (Lipinski definition) is 3. The summed E-state index contributed by atoms with van der Waals surface area (Å²) in [6.45, 7) is 6.98. The van der Waals surface area contributed by atoms with Gasteiger partial charge in [0.05, 0.1) is 5.54 Å². The van der Waals surface area contributed by atoms with Crippen molar-refractivity contribution in [3.63, 3.8) is 0 Å². The van der Waals surface area contributed by atoms with Gasteiger partial charge in [0.1, 0.15) is 5.65 Å². The van der Waals surface area contributed by atoms with Crippen LogP contribution >= 0.6 is 0 Å². The topological polar surface area (TPSA) is 93.4 Å². The van der Waals surface area contributed by atoms with Gasteiger partial charge in [-0.05, 0) is 50.2 Å². The third-order valence-electron chi connectivity index (χ3n) is 7.93. The average molecular weight is 535 g/mol. The van der Waals surface area contributed by atoms with Crippen LogP contribution in [0.5, 0.6) is 0 Å². The highest BCUT2D eigenvalue weighted by atomic mass is 16.1. The summed E-state index contributed by atoms with van der Waals surface area (Å²) in [5, 5.41) is 9.15. The van der Waals surface area contributed by atoms with E-state index in [9.17, 15) is 9.59 Å². The first kappa shape index (κ1) is 26.0. The Balaban J connectivity index is 1.17. The fourth-order valence-electron chi connectivity index (χ4n) is 5.56. The van der Waals surface area contributed by atoms with Crippen LogP contribution in [0.2, 0.25) is 0 Å². The molecule has 0 radical (unpaired) electrons. The highest BCUT2D eigenvalue weighted by Crippen LogP contribution is 2.32. The van der Waals surface area contributed by atoms with E-state index in [0.29, 0.717) is 23.0 Å². The Kier molecular flexibility index (Phi) is 6.96. The molecule has 40 heavy (non-hydrogen) atoms. The van der Waals surface area contributed by atoms with E-state index in [4.69, 9.17) is 0 Å². The van der Waals surface area contributed by atoms with E-state index in [-0.39, 0.29) is 17.0 Å². The van der Waals surface area contributed by atoms with E-state index >= 15 is 0 Å². The molecule has 1 aliphatic carbocycles. The number of aromatic nitrogens is 2. The predicted octanol–water partition coefficient (Wildman–Crippen LogP) is 4.27. The summed E-state index contributed by atoms with van der Waals surface area (Å²) in [7, 11) is 2.15. The maximum atomic E-state index is 13.3. The lowest BCUT2D eigenvalue weighted by Crippen LogP contribution is -2.44. The molecule has 0 saturated carbocycles. The van der Waals surface area contributed by atoms with E-state index < -0.39 is 0 Å². The first-order valence-electron chi connectivity index (χ1n) is 13.8. The number of fused-ring (bicyclic) bond motifs is 3. The molecule has 2 aliphatic rings. The molecule has 1 amide bonds. The van der Waals surface area contributed by atoms with Crippen molar-refractivity contribution in [2.75, 3.05) is 38.5 Å². The molecule has 3 heterocycles. The highest BCUT2D eigenvalue weighted by molar-refractivity contribution is 6.10. The number of piperazine rings is 1. The second-order valence-corrected chi connectivity index (χ2v) is 11.0. The standard InChI is InChI=1S/C32H34N6O2/c1-32(36-27-13-16-33-29-28(27)25-9-5-6-10-26(25)31(40)35-29)14-11-23(12-15-32)34-30(39)24-8-4-3-7-22(24)21-38-19-17-37(2)18-20-38/h3-14,16H,15,17-21H2,1-2H3,(H,34,39)(H2,33,35,36,40). The van der Waals surface area contributed by atoms with Gasteiger partial charge in [0, 0.05) is 72.0 Å². The van der Waals surface area contributed by atoms with E-state index in [0.717, 1.165) is 60.4 Å². The molecule has 1 unspecified atom stereocenters. The minimum Gasteiger partial charge on any atom is -0.375 e. The van der Waals surface area contributed by atoms with Gasteiger partial charge >= 0.3 is 0 Å². The zero-order valence-corrected chi connectivity index (χ0v) is 22.9. The number of hydrogen-bond acceptors (Lipinski definition) is 6. The smallest absolute Gasteiger partial charge is 0.257 e. The van der Waals surface area contributed by atoms with Crippen molar-refractivity contribution in [1.29, 1.82) is 0 Å². The maximum absolute atomic E-state index is 13.3. The van der Waals surface area contributed by atoms with Gasteiger partial charge < -0.3 is 20.5 Å². The summed E-state index contributed by atoms with van der Waals surface area (Å²) in [4.78, 5) is 37.9. The molecule has 8 heteroatoms. The zero-order chi connectivity index (χ0) is 27.7. The molecule has 2 aromatic heterocycles. The van der Waals surface area contributed by atoms with Gasteiger partial charge in [-0.1, -0.05) is 48.6 Å². The number of likely N-dealkylation sites (N-methyl/N-ethyl adjacent to an activating group) is 1. The Morgan fingerprint density at radius 3 is 2.55 bits per heavy atom. The van der Waals surface area contributed by atoms with Crippen LogP contribution < -0.4 is 16.2 Å². The zero-order valence-electron chi connectivity index (χ0n) is 22.9. The van der Waals surface area contributed by atoms with Crippen LogP contribution in [-0.4, -0.2) is 64.4 Å². The molecule has 1 fully saturated rings. The Labute approximate surface area is 233 Å². The molecule has 2 aromatic carbocycles. The minimum atomic E-state index is -0.390. The van der Waals surface area contributed by atoms with Crippen molar-refractivity contribution in [2.24, 2.45) is 0 Å². The molecular weight excluding hydrogens is 500 g/mol. The van der Waals surface area contributed by atoms with Crippen molar-refractivity contribution in [1.82, 2.24) is 25.1 Å². The van der Waals surface area contributed by atoms with Gasteiger partial charge in [0.15, 0.2) is 0 Å². The molecule has 204 valence electrons. The van der Waals surface area contributed by atoms with Crippen molar-refractivity contribution in [2.45, 2.75) is 25.4 Å². The van der Waals surface area contributed by atoms with Crippen LogP contribution in [0.4, 0.5) is 5.69 Å². The van der Waals surface area contributed by atoms with Crippen LogP contribution in [0, 0.1) is 0 Å². The Hall–Kier alpha value is -4.27. The number of H-pyrrole nitrogens is 1. The third-order valence-corrected chi connectivity index (χ3v) is 7.93. The number of pyridine rings is 2. The lowest BCUT2D eigenvalue weighted by atomic mass is 9.91. The lowest BCUT2D eigenvalue weighted by Gasteiger charge is -2.32. The molecule has 1 atom stereocenters. The second kappa shape index (κ2) is 10.7. The second-order valence-electron chi connectivity index (χ2n) is 11.0. The van der Waals surface area contributed by atoms with Crippen LogP contribution in [0.3, 0.4) is 0 Å². The van der Waals surface area contributed by atoms with E-state index in [2.05, 4.69) is 62.6 Å². The molecular formula is C32H34N6O2. The Morgan fingerprint density at radius 2 is 1.77 bits per heavy atom. The van der Waals surface area contributed by atoms with E-state index in [1.165, 1.54) is 0 Å². The molecule has 6 rings (SSSR count). The average Bonchev–Trinajstić information content (AvgIpc) is 2.96. The normalized spacial score (nSPS) is 20.0. The quantitative estimate of drug-likeness (QED) is 0.320. The van der Waals surface area contributed by atoms with Crippen LogP contribution in [0.25, 0.3) is 21.8 Å². The van der Waals surface area contributed by atoms with Crippen LogP contribution in [0.15, 0.2) is 89.5 Å². The van der Waals surface area contributed by atoms with Crippen molar-refractivity contribution in [3.05, 3.63) is 106 Å². The number of nitrogens with zero attached hydrogens (tertiary/aromatic N) is 3. The number of benzene rings is 2. The monoisotopic (exact) mass is 534 g/mol. The molecule has 8 nitrogen and oxygen atoms in total. The number of amides is 1. The first-order chi connectivity index (χ1) is 19.4. The number of nitrogens with one attached hydrogen (secondary N) is 3. The molecule has 1 aliphatic heterocycles. The predicted molar refractivity (Wildman–Crippen MR) is 160 cm³/mol. The SMILES string of the molecule is CN1CCN(Cc2ccccc2C(=O)NC2=CCC(C)(Nc3ccnc4[nH]c(=O)c5ccccc5c34)C=C2)CC1. The van der Waals surface area contributed by atoms with Gasteiger partial charge in [0.2, 0.25) is 0 Å². The van der Waals surface area contributed by atoms with Gasteiger partial charge in [-0.2, -0.15) is 0 Å². The molecule has 0 spiro atoms. The number of allylic oxidation sites excluding steroid dienone is 1. The Morgan fingerprint density at radius 1 is 1.02 bits per heavy atom. The summed E-state index contributed by atoms with van der Waals surface area (Å²) in [6, 6.07) is 17.4. The van der Waals surface area contributed by atoms with Gasteiger partial charge in [-0.25, -0.2) is 4.98 Å². The van der Waals surface area contributed by atoms with E-state index in [1.54, 1.807) is 6.20 Å². The number of rotatable bonds is 6. The largest absolute Gasteiger partial charge is 0.375 e. The van der Waals surface area contributed by atoms with Crippen molar-refractivity contribution in [3.8, 4) is 0 Å². The Bertz CT molecular complexity index is 1700. The van der Waals surface area contributed by atoms with Crippen LogP contribution in [-0.2, 0) is 6.54 Å². The molecule has 3 N–H and O–H groups in total. The molecule has 0 bridgehead atoms. The third kappa shape index (κ3) is 5.28. The van der Waals surface area contributed by atoms with Gasteiger partial charge in [0.25, 0.3) is 11.5 Å². The minimum absolute atomic E-state index is 0.0901. The summed E-state index contributed by atoms with van der Waals surface area (Å²) < 4.78 is 0. The van der Waals surface area contributed by atoms with Crippen molar-refractivity contribution >= 4 is 33.4 Å². The fraction of sp³-hybridized carbons (Fsp3) is 0.281. The highest BCUT2D eigenvalue weighted by Gasteiger charge is 2.25. The van der Waals surface area contributed by atoms with Gasteiger partial charge in [-0.3, -0.25) is 14.5 Å². The number of aromatic amines is 1.